The van der Waals surface area contributed by atoms with Gasteiger partial charge in [0, 0.05) is 17.2 Å². The predicted molar refractivity (Wildman–Crippen MR) is 112 cm³/mol. The summed E-state index contributed by atoms with van der Waals surface area (Å²) in [7, 11) is 0. The number of benzene rings is 1. The number of alkyl halides is 3. The monoisotopic (exact) mass is 449 g/mol. The minimum absolute atomic E-state index is 0.0824. The van der Waals surface area contributed by atoms with E-state index in [1.165, 1.54) is 6.07 Å². The highest BCUT2D eigenvalue weighted by molar-refractivity contribution is 7.13. The molecule has 5 nitrogen and oxygen atoms in total. The molecule has 0 spiro atoms. The van der Waals surface area contributed by atoms with Gasteiger partial charge in [-0.3, -0.25) is 4.79 Å². The zero-order valence-electron chi connectivity index (χ0n) is 16.8. The van der Waals surface area contributed by atoms with Gasteiger partial charge in [0.2, 0.25) is 5.91 Å². The second-order valence-corrected chi connectivity index (χ2v) is 8.78. The van der Waals surface area contributed by atoms with Crippen LogP contribution in [0.15, 0.2) is 48.7 Å². The van der Waals surface area contributed by atoms with Gasteiger partial charge in [0.15, 0.2) is 11.7 Å². The summed E-state index contributed by atoms with van der Waals surface area (Å²) in [4.78, 5) is 21.0. The molecule has 1 saturated carbocycles. The van der Waals surface area contributed by atoms with E-state index in [0.29, 0.717) is 6.42 Å². The molecule has 2 heterocycles. The number of aromatic amines is 1. The smallest absolute Gasteiger partial charge is 0.422 e. The van der Waals surface area contributed by atoms with Crippen LogP contribution in [-0.4, -0.2) is 28.7 Å². The summed E-state index contributed by atoms with van der Waals surface area (Å²) < 4.78 is 41.5. The SMILES string of the molecule is C[C@@H](NC(=O)C[C@@H]1C[C@H]1c1ncc(-c2ccccc2)[nH]1)c1ccc(OCC(F)(F)F)s1. The topological polar surface area (TPSA) is 67.0 Å². The molecular weight excluding hydrogens is 427 g/mol. The second kappa shape index (κ2) is 8.74. The third-order valence-electron chi connectivity index (χ3n) is 5.19. The Balaban J connectivity index is 1.26. The number of thiophene rings is 1. The van der Waals surface area contributed by atoms with Crippen LogP contribution in [0.5, 0.6) is 5.06 Å². The van der Waals surface area contributed by atoms with Crippen molar-refractivity contribution in [3.05, 3.63) is 59.4 Å². The summed E-state index contributed by atoms with van der Waals surface area (Å²) in [5, 5.41) is 3.10. The Morgan fingerprint density at radius 2 is 2.06 bits per heavy atom. The van der Waals surface area contributed by atoms with E-state index >= 15 is 0 Å². The van der Waals surface area contributed by atoms with Crippen LogP contribution in [0.25, 0.3) is 11.3 Å². The molecule has 1 aliphatic carbocycles. The van der Waals surface area contributed by atoms with Crippen LogP contribution in [0.4, 0.5) is 13.2 Å². The summed E-state index contributed by atoms with van der Waals surface area (Å²) in [6, 6.07) is 12.8. The molecule has 1 aromatic carbocycles. The number of nitrogens with one attached hydrogen (secondary N) is 2. The van der Waals surface area contributed by atoms with Crippen molar-refractivity contribution in [3.63, 3.8) is 0 Å². The molecule has 3 aromatic rings. The third-order valence-corrected chi connectivity index (χ3v) is 6.37. The Morgan fingerprint density at radius 1 is 1.29 bits per heavy atom. The van der Waals surface area contributed by atoms with E-state index in [9.17, 15) is 18.0 Å². The normalized spacial score (nSPS) is 19.1. The lowest BCUT2D eigenvalue weighted by molar-refractivity contribution is -0.152. The van der Waals surface area contributed by atoms with Crippen LogP contribution in [-0.2, 0) is 4.79 Å². The van der Waals surface area contributed by atoms with Gasteiger partial charge in [-0.2, -0.15) is 13.2 Å². The average molecular weight is 449 g/mol. The predicted octanol–water partition coefficient (Wildman–Crippen LogP) is 5.45. The van der Waals surface area contributed by atoms with Gasteiger partial charge in [-0.05, 0) is 37.0 Å². The van der Waals surface area contributed by atoms with Gasteiger partial charge in [0.05, 0.1) is 17.9 Å². The first-order valence-electron chi connectivity index (χ1n) is 9.97. The Morgan fingerprint density at radius 3 is 2.81 bits per heavy atom. The van der Waals surface area contributed by atoms with E-state index < -0.39 is 12.8 Å². The first kappa shape index (κ1) is 21.4. The van der Waals surface area contributed by atoms with Crippen molar-refractivity contribution in [1.82, 2.24) is 15.3 Å². The fraction of sp³-hybridized carbons (Fsp3) is 0.364. The number of nitrogens with zero attached hydrogens (tertiary/aromatic N) is 1. The maximum Gasteiger partial charge on any atom is 0.422 e. The number of hydrogen-bond donors (Lipinski definition) is 2. The molecule has 1 fully saturated rings. The summed E-state index contributed by atoms with van der Waals surface area (Å²) in [5.41, 5.74) is 2.03. The van der Waals surface area contributed by atoms with E-state index in [-0.39, 0.29) is 28.8 Å². The van der Waals surface area contributed by atoms with Crippen molar-refractivity contribution in [2.75, 3.05) is 6.61 Å². The Bertz CT molecular complexity index is 1030. The summed E-state index contributed by atoms with van der Waals surface area (Å²) in [6.07, 6.45) is -1.27. The molecule has 0 bridgehead atoms. The molecule has 0 radical (unpaired) electrons. The minimum Gasteiger partial charge on any atom is -0.475 e. The zero-order chi connectivity index (χ0) is 22.0. The van der Waals surface area contributed by atoms with Crippen LogP contribution < -0.4 is 10.1 Å². The zero-order valence-corrected chi connectivity index (χ0v) is 17.6. The van der Waals surface area contributed by atoms with Gasteiger partial charge in [0.1, 0.15) is 5.82 Å². The number of hydrogen-bond acceptors (Lipinski definition) is 4. The highest BCUT2D eigenvalue weighted by Gasteiger charge is 2.41. The minimum atomic E-state index is -4.37. The highest BCUT2D eigenvalue weighted by atomic mass is 32.1. The van der Waals surface area contributed by atoms with Gasteiger partial charge in [-0.25, -0.2) is 4.98 Å². The number of H-pyrrole nitrogens is 1. The van der Waals surface area contributed by atoms with Crippen molar-refractivity contribution >= 4 is 17.2 Å². The van der Waals surface area contributed by atoms with Crippen LogP contribution in [0.1, 0.15) is 42.4 Å². The van der Waals surface area contributed by atoms with E-state index in [0.717, 1.165) is 39.7 Å². The molecule has 0 unspecified atom stereocenters. The molecule has 0 saturated heterocycles. The summed E-state index contributed by atoms with van der Waals surface area (Å²) in [5.74, 6) is 1.29. The first-order valence-corrected chi connectivity index (χ1v) is 10.8. The number of rotatable bonds is 8. The number of ether oxygens (including phenoxy) is 1. The number of amides is 1. The maximum absolute atomic E-state index is 12.4. The fourth-order valence-corrected chi connectivity index (χ4v) is 4.36. The number of carbonyl (C=O) groups is 1. The molecule has 2 aromatic heterocycles. The standard InChI is InChI=1S/C22H22F3N3O2S/c1-13(18-7-8-20(31-18)30-12-22(23,24)25)27-19(29)10-15-9-16(15)21-26-11-17(28-21)14-5-3-2-4-6-14/h2-8,11,13,15-16H,9-10,12H2,1H3,(H,26,28)(H,27,29)/t13-,15+,16-/m1/s1. The van der Waals surface area contributed by atoms with Gasteiger partial charge >= 0.3 is 6.18 Å². The van der Waals surface area contributed by atoms with Crippen LogP contribution >= 0.6 is 11.3 Å². The van der Waals surface area contributed by atoms with Crippen molar-refractivity contribution in [1.29, 1.82) is 0 Å². The van der Waals surface area contributed by atoms with E-state index in [1.807, 2.05) is 36.5 Å². The molecule has 9 heteroatoms. The van der Waals surface area contributed by atoms with Crippen molar-refractivity contribution in [3.8, 4) is 16.3 Å². The fourth-order valence-electron chi connectivity index (χ4n) is 3.50. The van der Waals surface area contributed by atoms with E-state index in [2.05, 4.69) is 15.3 Å². The van der Waals surface area contributed by atoms with Gasteiger partial charge in [-0.1, -0.05) is 30.3 Å². The molecule has 31 heavy (non-hydrogen) atoms. The van der Waals surface area contributed by atoms with Crippen LogP contribution in [0, 0.1) is 5.92 Å². The second-order valence-electron chi connectivity index (χ2n) is 7.70. The Kier molecular flexibility index (Phi) is 6.04. The number of aromatic nitrogens is 2. The van der Waals surface area contributed by atoms with Crippen LogP contribution in [0.2, 0.25) is 0 Å². The molecular formula is C22H22F3N3O2S. The highest BCUT2D eigenvalue weighted by Crippen LogP contribution is 2.48. The van der Waals surface area contributed by atoms with Gasteiger partial charge < -0.3 is 15.0 Å². The number of imidazole rings is 1. The lowest BCUT2D eigenvalue weighted by Gasteiger charge is -2.12. The lowest BCUT2D eigenvalue weighted by Crippen LogP contribution is -2.26. The first-order chi connectivity index (χ1) is 14.8. The van der Waals surface area contributed by atoms with Crippen molar-refractivity contribution < 1.29 is 22.7 Å². The van der Waals surface area contributed by atoms with Crippen molar-refractivity contribution in [2.24, 2.45) is 5.92 Å². The molecule has 4 rings (SSSR count). The molecule has 1 aliphatic rings. The van der Waals surface area contributed by atoms with Gasteiger partial charge in [0.25, 0.3) is 0 Å². The Labute approximate surface area is 181 Å². The molecule has 0 aliphatic heterocycles. The van der Waals surface area contributed by atoms with E-state index in [4.69, 9.17) is 4.74 Å². The Hall–Kier alpha value is -2.81. The quantitative estimate of drug-likeness (QED) is 0.481. The van der Waals surface area contributed by atoms with E-state index in [1.54, 1.807) is 13.0 Å². The average Bonchev–Trinajstić information content (AvgIpc) is 3.14. The maximum atomic E-state index is 12.4. The van der Waals surface area contributed by atoms with Gasteiger partial charge in [-0.15, -0.1) is 11.3 Å². The largest absolute Gasteiger partial charge is 0.475 e. The third kappa shape index (κ3) is 5.66. The molecule has 3 atom stereocenters. The molecule has 1 amide bonds. The summed E-state index contributed by atoms with van der Waals surface area (Å²) in [6.45, 7) is 0.482. The van der Waals surface area contributed by atoms with Crippen LogP contribution in [0.3, 0.4) is 0 Å². The molecule has 164 valence electrons. The number of halogens is 3. The lowest BCUT2D eigenvalue weighted by atomic mass is 10.2. The molecule has 2 N–H and O–H groups in total. The number of carbonyl (C=O) groups excluding carboxylic acids is 1. The van der Waals surface area contributed by atoms with Crippen molar-refractivity contribution in [2.45, 2.75) is 37.9 Å². The summed E-state index contributed by atoms with van der Waals surface area (Å²) >= 11 is 1.10.